The van der Waals surface area contributed by atoms with Crippen LogP contribution in [0, 0.1) is 5.41 Å². The molecule has 0 saturated carbocycles. The lowest BCUT2D eigenvalue weighted by Crippen LogP contribution is -2.41. The Morgan fingerprint density at radius 3 is 2.53 bits per heavy atom. The van der Waals surface area contributed by atoms with Crippen LogP contribution in [0.15, 0.2) is 52.3 Å². The van der Waals surface area contributed by atoms with Crippen molar-refractivity contribution in [3.8, 4) is 5.75 Å². The second kappa shape index (κ2) is 10.2. The number of benzene rings is 2. The van der Waals surface area contributed by atoms with Gasteiger partial charge in [-0.15, -0.1) is 11.8 Å². The van der Waals surface area contributed by atoms with Crippen molar-refractivity contribution in [3.63, 3.8) is 0 Å². The van der Waals surface area contributed by atoms with Gasteiger partial charge in [-0.3, -0.25) is 0 Å². The fourth-order valence-corrected chi connectivity index (χ4v) is 6.82. The number of anilines is 2. The van der Waals surface area contributed by atoms with E-state index in [1.807, 2.05) is 43.5 Å². The van der Waals surface area contributed by atoms with E-state index in [-0.39, 0.29) is 16.4 Å². The minimum absolute atomic E-state index is 0.00122. The van der Waals surface area contributed by atoms with Crippen molar-refractivity contribution in [1.82, 2.24) is 0 Å². The number of aliphatic carboxylic acids is 1. The number of thioether (sulfide) groups is 1. The summed E-state index contributed by atoms with van der Waals surface area (Å²) in [5.41, 5.74) is -1.08. The number of para-hydroxylation sites is 1. The fraction of sp³-hybridized carbons (Fsp3) is 0.480. The zero-order valence-corrected chi connectivity index (χ0v) is 21.7. The Bertz CT molecular complexity index is 1130. The summed E-state index contributed by atoms with van der Waals surface area (Å²) >= 11 is 1.37. The average molecular weight is 508 g/mol. The first kappa shape index (κ1) is 26.4. The lowest BCUT2D eigenvalue weighted by Gasteiger charge is -2.34. The largest absolute Gasteiger partial charge is 0.489 e. The number of carboxylic acid groups (broad SMARTS) is 1. The third kappa shape index (κ3) is 5.70. The van der Waals surface area contributed by atoms with Gasteiger partial charge in [0.2, 0.25) is 0 Å². The lowest BCUT2D eigenvalue weighted by molar-refractivity contribution is -0.159. The van der Waals surface area contributed by atoms with Crippen molar-refractivity contribution in [2.45, 2.75) is 55.4 Å². The van der Waals surface area contributed by atoms with Crippen molar-refractivity contribution in [2.75, 3.05) is 30.1 Å². The predicted molar refractivity (Wildman–Crippen MR) is 135 cm³/mol. The molecule has 0 bridgehead atoms. The van der Waals surface area contributed by atoms with Gasteiger partial charge in [0, 0.05) is 18.3 Å². The summed E-state index contributed by atoms with van der Waals surface area (Å²) in [6, 6.07) is 13.0. The van der Waals surface area contributed by atoms with Crippen LogP contribution in [-0.4, -0.2) is 55.4 Å². The molecular formula is C25H33NO6S2. The smallest absolute Gasteiger partial charge is 0.339 e. The van der Waals surface area contributed by atoms with E-state index in [1.54, 1.807) is 6.07 Å². The van der Waals surface area contributed by atoms with E-state index < -0.39 is 33.4 Å². The van der Waals surface area contributed by atoms with E-state index in [0.717, 1.165) is 31.9 Å². The number of carboxylic acids is 1. The molecule has 0 amide bonds. The molecule has 1 heterocycles. The number of unbranched alkanes of at least 4 members (excludes halogenated alkanes) is 1. The minimum Gasteiger partial charge on any atom is -0.489 e. The topological polar surface area (TPSA) is 104 Å². The van der Waals surface area contributed by atoms with Gasteiger partial charge in [0.1, 0.15) is 12.4 Å². The molecule has 1 aliphatic heterocycles. The number of fused-ring (bicyclic) bond motifs is 1. The highest BCUT2D eigenvalue weighted by Crippen LogP contribution is 2.46. The summed E-state index contributed by atoms with van der Waals surface area (Å²) < 4.78 is 33.0. The number of hydrogen-bond donors (Lipinski definition) is 2. The third-order valence-electron chi connectivity index (χ3n) is 6.12. The van der Waals surface area contributed by atoms with Crippen molar-refractivity contribution in [2.24, 2.45) is 5.41 Å². The Labute approximate surface area is 206 Å². The zero-order valence-electron chi connectivity index (χ0n) is 20.1. The summed E-state index contributed by atoms with van der Waals surface area (Å²) in [4.78, 5) is 14.2. The number of ether oxygens (including phenoxy) is 1. The summed E-state index contributed by atoms with van der Waals surface area (Å²) in [6.07, 6.45) is 4.53. The zero-order chi connectivity index (χ0) is 25.1. The molecule has 0 unspecified atom stereocenters. The average Bonchev–Trinajstić information content (AvgIpc) is 2.87. The molecule has 1 aliphatic rings. The second-order valence-electron chi connectivity index (χ2n) is 9.43. The van der Waals surface area contributed by atoms with E-state index in [9.17, 15) is 23.4 Å². The van der Waals surface area contributed by atoms with Crippen molar-refractivity contribution in [1.29, 1.82) is 0 Å². The van der Waals surface area contributed by atoms with Crippen LogP contribution < -0.4 is 9.64 Å². The van der Waals surface area contributed by atoms with Gasteiger partial charge in [-0.2, -0.15) is 0 Å². The number of nitrogens with zero attached hydrogens (tertiary/aromatic N) is 1. The summed E-state index contributed by atoms with van der Waals surface area (Å²) in [7, 11) is -3.68. The SMILES string of the molecule is CCCC[C@@]1(C)CN(c2ccccc2)c2cc(SC)c(OC[C@@](C)(O)C(=O)O)cc2S(=O)(=O)C1. The Kier molecular flexibility index (Phi) is 7.89. The monoisotopic (exact) mass is 507 g/mol. The van der Waals surface area contributed by atoms with Gasteiger partial charge in [0.05, 0.1) is 21.2 Å². The van der Waals surface area contributed by atoms with Crippen LogP contribution in [0.25, 0.3) is 0 Å². The molecule has 3 rings (SSSR count). The Morgan fingerprint density at radius 1 is 1.26 bits per heavy atom. The van der Waals surface area contributed by atoms with Crippen molar-refractivity contribution < 1.29 is 28.2 Å². The predicted octanol–water partition coefficient (Wildman–Crippen LogP) is 4.74. The van der Waals surface area contributed by atoms with E-state index >= 15 is 0 Å². The third-order valence-corrected chi connectivity index (χ3v) is 8.95. The highest BCUT2D eigenvalue weighted by Gasteiger charge is 2.40. The van der Waals surface area contributed by atoms with Crippen LogP contribution in [0.2, 0.25) is 0 Å². The first-order valence-corrected chi connectivity index (χ1v) is 14.2. The molecule has 0 aliphatic carbocycles. The molecule has 0 aromatic heterocycles. The maximum absolute atomic E-state index is 13.7. The molecule has 186 valence electrons. The van der Waals surface area contributed by atoms with Crippen molar-refractivity contribution in [3.05, 3.63) is 42.5 Å². The second-order valence-corrected chi connectivity index (χ2v) is 12.2. The van der Waals surface area contributed by atoms with Gasteiger partial charge in [-0.05, 0) is 43.2 Å². The van der Waals surface area contributed by atoms with Gasteiger partial charge in [-0.1, -0.05) is 44.9 Å². The van der Waals surface area contributed by atoms with Crippen molar-refractivity contribution >= 4 is 38.9 Å². The first-order chi connectivity index (χ1) is 15.9. The molecule has 9 heteroatoms. The summed E-state index contributed by atoms with van der Waals surface area (Å²) in [5, 5.41) is 19.3. The lowest BCUT2D eigenvalue weighted by atomic mass is 9.86. The highest BCUT2D eigenvalue weighted by molar-refractivity contribution is 7.98. The van der Waals surface area contributed by atoms with Crippen LogP contribution in [0.1, 0.15) is 40.0 Å². The molecule has 0 saturated heterocycles. The number of hydrogen-bond acceptors (Lipinski definition) is 7. The quantitative estimate of drug-likeness (QED) is 0.469. The molecule has 34 heavy (non-hydrogen) atoms. The maximum Gasteiger partial charge on any atom is 0.339 e. The van der Waals surface area contributed by atoms with Gasteiger partial charge >= 0.3 is 5.97 Å². The number of carbonyl (C=O) groups is 1. The Hall–Kier alpha value is -2.23. The standard InChI is InChI=1S/C25H33NO6S2/c1-5-6-12-24(2)15-26(18-10-8-7-9-11-18)19-13-21(33-4)20(14-22(19)34(30,31)17-24)32-16-25(3,29)23(27)28/h7-11,13-14,29H,5-6,12,15-17H2,1-4H3,(H,27,28)/t24-,25+/m0/s1. The van der Waals surface area contributed by atoms with E-state index in [1.165, 1.54) is 17.8 Å². The Morgan fingerprint density at radius 2 is 1.94 bits per heavy atom. The molecular weight excluding hydrogens is 474 g/mol. The van der Waals surface area contributed by atoms with Crippen LogP contribution in [0.5, 0.6) is 5.75 Å². The number of rotatable bonds is 9. The fourth-order valence-electron chi connectivity index (χ4n) is 4.19. The van der Waals surface area contributed by atoms with Gasteiger partial charge in [-0.25, -0.2) is 13.2 Å². The normalized spacial score (nSPS) is 21.3. The number of sulfone groups is 1. The molecule has 2 N–H and O–H groups in total. The van der Waals surface area contributed by atoms with E-state index in [4.69, 9.17) is 4.74 Å². The summed E-state index contributed by atoms with van der Waals surface area (Å²) in [5.74, 6) is -1.18. The van der Waals surface area contributed by atoms with Gasteiger partial charge in [0.15, 0.2) is 15.4 Å². The maximum atomic E-state index is 13.7. The molecule has 0 radical (unpaired) electrons. The van der Waals surface area contributed by atoms with E-state index in [0.29, 0.717) is 17.1 Å². The number of aliphatic hydroxyl groups is 1. The van der Waals surface area contributed by atoms with Crippen LogP contribution in [0.3, 0.4) is 0 Å². The molecule has 7 nitrogen and oxygen atoms in total. The Balaban J connectivity index is 2.16. The van der Waals surface area contributed by atoms with Crippen LogP contribution in [0.4, 0.5) is 11.4 Å². The molecule has 2 atom stereocenters. The minimum atomic E-state index is -3.68. The molecule has 0 fully saturated rings. The van der Waals surface area contributed by atoms with Crippen LogP contribution >= 0.6 is 11.8 Å². The molecule has 2 aromatic carbocycles. The van der Waals surface area contributed by atoms with Gasteiger partial charge < -0.3 is 19.8 Å². The molecule has 2 aromatic rings. The van der Waals surface area contributed by atoms with Gasteiger partial charge in [0.25, 0.3) is 0 Å². The van der Waals surface area contributed by atoms with E-state index in [2.05, 4.69) is 11.8 Å². The van der Waals surface area contributed by atoms with Crippen LogP contribution in [-0.2, 0) is 14.6 Å². The first-order valence-electron chi connectivity index (χ1n) is 11.3. The molecule has 0 spiro atoms. The summed E-state index contributed by atoms with van der Waals surface area (Å²) in [6.45, 7) is 5.30. The highest BCUT2D eigenvalue weighted by atomic mass is 32.2.